The Kier molecular flexibility index (Phi) is 9.57. The van der Waals surface area contributed by atoms with Crippen LogP contribution in [0.4, 0.5) is 5.69 Å². The first-order chi connectivity index (χ1) is 15.4. The second-order valence-electron chi connectivity index (χ2n) is 7.84. The maximum Gasteiger partial charge on any atom is 0.242 e. The molecule has 2 amide bonds. The quantitative estimate of drug-likeness (QED) is 0.519. The summed E-state index contributed by atoms with van der Waals surface area (Å²) in [4.78, 5) is 26.9. The summed E-state index contributed by atoms with van der Waals surface area (Å²) in [6.45, 7) is 3.93. The van der Waals surface area contributed by atoms with Gasteiger partial charge in [-0.3, -0.25) is 13.9 Å². The fraction of sp³-hybridized carbons (Fsp3) is 0.391. The number of anilines is 1. The van der Waals surface area contributed by atoms with Crippen molar-refractivity contribution in [1.29, 1.82) is 0 Å². The first kappa shape index (κ1) is 27.0. The van der Waals surface area contributed by atoms with Gasteiger partial charge in [-0.2, -0.15) is 0 Å². The predicted molar refractivity (Wildman–Crippen MR) is 133 cm³/mol. The molecular weight excluding hydrogens is 485 g/mol. The van der Waals surface area contributed by atoms with Crippen LogP contribution in [-0.4, -0.2) is 51.0 Å². The summed E-state index contributed by atoms with van der Waals surface area (Å²) in [6.07, 6.45) is 1.36. The van der Waals surface area contributed by atoms with E-state index in [-0.39, 0.29) is 48.5 Å². The van der Waals surface area contributed by atoms with Crippen LogP contribution in [0.1, 0.15) is 30.9 Å². The fourth-order valence-electron chi connectivity index (χ4n) is 3.46. The average molecular weight is 514 g/mol. The highest BCUT2D eigenvalue weighted by molar-refractivity contribution is 7.92. The standard InChI is InChI=1S/C23H29Cl2N3O4S/c1-16-7-5-8-18(13-16)15-27(17(2)23(30)26-3)22(29)9-6-12-28(33(4,31)32)21-14-19(24)10-11-20(21)25/h5,7-8,10-11,13-14,17H,6,9,12,15H2,1-4H3,(H,26,30)/t17-/m1/s1. The van der Waals surface area contributed by atoms with E-state index in [1.165, 1.54) is 24.1 Å². The minimum absolute atomic E-state index is 0.0390. The Labute approximate surface area is 205 Å². The molecule has 0 aliphatic heterocycles. The van der Waals surface area contributed by atoms with E-state index in [0.29, 0.717) is 5.02 Å². The second kappa shape index (κ2) is 11.7. The van der Waals surface area contributed by atoms with Crippen LogP contribution in [0.5, 0.6) is 0 Å². The van der Waals surface area contributed by atoms with Crippen molar-refractivity contribution in [2.75, 3.05) is 24.2 Å². The van der Waals surface area contributed by atoms with Crippen LogP contribution in [0.15, 0.2) is 42.5 Å². The molecule has 0 aliphatic rings. The number of rotatable bonds is 10. The van der Waals surface area contributed by atoms with Crippen molar-refractivity contribution in [2.24, 2.45) is 0 Å². The molecule has 1 N–H and O–H groups in total. The zero-order chi connectivity index (χ0) is 24.8. The molecule has 0 unspecified atom stereocenters. The van der Waals surface area contributed by atoms with Gasteiger partial charge in [-0.15, -0.1) is 0 Å². The van der Waals surface area contributed by atoms with E-state index < -0.39 is 16.1 Å². The number of carbonyl (C=O) groups is 2. The van der Waals surface area contributed by atoms with E-state index in [9.17, 15) is 18.0 Å². The average Bonchev–Trinajstić information content (AvgIpc) is 2.75. The van der Waals surface area contributed by atoms with Crippen LogP contribution < -0.4 is 9.62 Å². The Morgan fingerprint density at radius 3 is 2.42 bits per heavy atom. The van der Waals surface area contributed by atoms with Gasteiger partial charge in [0.15, 0.2) is 0 Å². The van der Waals surface area contributed by atoms with Crippen LogP contribution in [-0.2, 0) is 26.2 Å². The third-order valence-electron chi connectivity index (χ3n) is 5.18. The summed E-state index contributed by atoms with van der Waals surface area (Å²) >= 11 is 12.2. The van der Waals surface area contributed by atoms with Crippen LogP contribution >= 0.6 is 23.2 Å². The third kappa shape index (κ3) is 7.62. The summed E-state index contributed by atoms with van der Waals surface area (Å²) in [5, 5.41) is 3.17. The van der Waals surface area contributed by atoms with E-state index >= 15 is 0 Å². The molecule has 0 spiro atoms. The van der Waals surface area contributed by atoms with Gasteiger partial charge in [0, 0.05) is 31.6 Å². The van der Waals surface area contributed by atoms with Gasteiger partial charge in [0.05, 0.1) is 17.0 Å². The van der Waals surface area contributed by atoms with Gasteiger partial charge in [0.1, 0.15) is 6.04 Å². The Hall–Kier alpha value is -2.29. The van der Waals surface area contributed by atoms with Crippen LogP contribution in [0.2, 0.25) is 10.0 Å². The van der Waals surface area contributed by atoms with Gasteiger partial charge in [-0.25, -0.2) is 8.42 Å². The number of halogens is 2. The molecule has 0 aliphatic carbocycles. The first-order valence-corrected chi connectivity index (χ1v) is 13.0. The molecule has 0 saturated heterocycles. The smallest absolute Gasteiger partial charge is 0.242 e. The van der Waals surface area contributed by atoms with Crippen molar-refractivity contribution in [2.45, 2.75) is 39.3 Å². The summed E-state index contributed by atoms with van der Waals surface area (Å²) in [7, 11) is -2.14. The number of likely N-dealkylation sites (N-methyl/N-ethyl adjacent to an activating group) is 1. The number of hydrogen-bond acceptors (Lipinski definition) is 4. The molecule has 10 heteroatoms. The second-order valence-corrected chi connectivity index (χ2v) is 10.6. The van der Waals surface area contributed by atoms with Crippen LogP contribution in [0.25, 0.3) is 0 Å². The maximum absolute atomic E-state index is 13.1. The van der Waals surface area contributed by atoms with Gasteiger partial charge in [0.25, 0.3) is 0 Å². The molecule has 0 bridgehead atoms. The molecular formula is C23H29Cl2N3O4S. The highest BCUT2D eigenvalue weighted by Gasteiger charge is 2.26. The lowest BCUT2D eigenvalue weighted by atomic mass is 10.1. The van der Waals surface area contributed by atoms with Gasteiger partial charge >= 0.3 is 0 Å². The topological polar surface area (TPSA) is 86.8 Å². The van der Waals surface area contributed by atoms with Crippen molar-refractivity contribution < 1.29 is 18.0 Å². The summed E-state index contributed by atoms with van der Waals surface area (Å²) in [5.74, 6) is -0.530. The number of amides is 2. The van der Waals surface area contributed by atoms with E-state index in [2.05, 4.69) is 5.32 Å². The van der Waals surface area contributed by atoms with Crippen molar-refractivity contribution in [3.05, 3.63) is 63.6 Å². The third-order valence-corrected chi connectivity index (χ3v) is 6.91. The molecule has 0 aromatic heterocycles. The molecule has 0 heterocycles. The van der Waals surface area contributed by atoms with E-state index in [4.69, 9.17) is 23.2 Å². The lowest BCUT2D eigenvalue weighted by Crippen LogP contribution is -2.46. The first-order valence-electron chi connectivity index (χ1n) is 10.4. The molecule has 7 nitrogen and oxygen atoms in total. The molecule has 0 fully saturated rings. The number of sulfonamides is 1. The zero-order valence-electron chi connectivity index (χ0n) is 19.1. The number of hydrogen-bond donors (Lipinski definition) is 1. The summed E-state index contributed by atoms with van der Waals surface area (Å²) in [6, 6.07) is 11.6. The lowest BCUT2D eigenvalue weighted by Gasteiger charge is -2.29. The zero-order valence-corrected chi connectivity index (χ0v) is 21.5. The van der Waals surface area contributed by atoms with Crippen molar-refractivity contribution in [3.63, 3.8) is 0 Å². The minimum Gasteiger partial charge on any atom is -0.357 e. The van der Waals surface area contributed by atoms with Gasteiger partial charge in [-0.1, -0.05) is 53.0 Å². The fourth-order valence-corrected chi connectivity index (χ4v) is 4.86. The molecule has 2 aromatic rings. The van der Waals surface area contributed by atoms with E-state index in [0.717, 1.165) is 21.7 Å². The minimum atomic E-state index is -3.66. The van der Waals surface area contributed by atoms with Crippen molar-refractivity contribution in [3.8, 4) is 0 Å². The molecule has 0 saturated carbocycles. The lowest BCUT2D eigenvalue weighted by molar-refractivity contribution is -0.140. The Bertz CT molecular complexity index is 1110. The molecule has 0 radical (unpaired) electrons. The van der Waals surface area contributed by atoms with Crippen LogP contribution in [0.3, 0.4) is 0 Å². The predicted octanol–water partition coefficient (Wildman–Crippen LogP) is 4.01. The van der Waals surface area contributed by atoms with Crippen molar-refractivity contribution >= 4 is 50.7 Å². The molecule has 1 atom stereocenters. The van der Waals surface area contributed by atoms with Gasteiger partial charge in [-0.05, 0) is 44.0 Å². The van der Waals surface area contributed by atoms with E-state index in [1.54, 1.807) is 13.0 Å². The molecule has 33 heavy (non-hydrogen) atoms. The number of benzene rings is 2. The van der Waals surface area contributed by atoms with Crippen molar-refractivity contribution in [1.82, 2.24) is 10.2 Å². The Morgan fingerprint density at radius 1 is 1.12 bits per heavy atom. The summed E-state index contributed by atoms with van der Waals surface area (Å²) in [5.41, 5.74) is 2.21. The highest BCUT2D eigenvalue weighted by Crippen LogP contribution is 2.31. The monoisotopic (exact) mass is 513 g/mol. The largest absolute Gasteiger partial charge is 0.357 e. The molecule has 180 valence electrons. The molecule has 2 aromatic carbocycles. The number of nitrogens with one attached hydrogen (secondary N) is 1. The SMILES string of the molecule is CNC(=O)[C@@H](C)N(Cc1cccc(C)c1)C(=O)CCCN(c1cc(Cl)ccc1Cl)S(C)(=O)=O. The Morgan fingerprint density at radius 2 is 1.82 bits per heavy atom. The highest BCUT2D eigenvalue weighted by atomic mass is 35.5. The van der Waals surface area contributed by atoms with Gasteiger partial charge in [0.2, 0.25) is 21.8 Å². The number of nitrogens with zero attached hydrogens (tertiary/aromatic N) is 2. The summed E-state index contributed by atoms with van der Waals surface area (Å²) < 4.78 is 25.9. The van der Waals surface area contributed by atoms with E-state index in [1.807, 2.05) is 31.2 Å². The van der Waals surface area contributed by atoms with Crippen LogP contribution in [0, 0.1) is 6.92 Å². The number of aryl methyl sites for hydroxylation is 1. The van der Waals surface area contributed by atoms with Gasteiger partial charge < -0.3 is 10.2 Å². The Balaban J connectivity index is 2.18. The normalized spacial score (nSPS) is 12.2. The maximum atomic E-state index is 13.1. The molecule has 2 rings (SSSR count). The number of carbonyl (C=O) groups excluding carboxylic acids is 2.